The maximum Gasteiger partial charge on any atom is 0.416 e. The summed E-state index contributed by atoms with van der Waals surface area (Å²) in [5.74, 6) is 0. The molecule has 0 aliphatic rings. The van der Waals surface area contributed by atoms with E-state index in [0.717, 1.165) is 22.9 Å². The van der Waals surface area contributed by atoms with Crippen LogP contribution in [0.5, 0.6) is 0 Å². The van der Waals surface area contributed by atoms with E-state index < -0.39 is 11.7 Å². The van der Waals surface area contributed by atoms with Crippen LogP contribution in [-0.4, -0.2) is 11.9 Å². The summed E-state index contributed by atoms with van der Waals surface area (Å²) < 4.78 is 38.1. The molecule has 0 bridgehead atoms. The minimum Gasteiger partial charge on any atom is -0.308 e. The van der Waals surface area contributed by atoms with Crippen molar-refractivity contribution in [2.45, 2.75) is 13.1 Å². The van der Waals surface area contributed by atoms with Gasteiger partial charge in [-0.25, -0.2) is 0 Å². The summed E-state index contributed by atoms with van der Waals surface area (Å²) in [5, 5.41) is 9.48. The van der Waals surface area contributed by atoms with Gasteiger partial charge in [-0.15, -0.1) is 0 Å². The van der Waals surface area contributed by atoms with Gasteiger partial charge in [0.05, 0.1) is 11.3 Å². The highest BCUT2D eigenvalue weighted by Crippen LogP contribution is 2.31. The highest BCUT2D eigenvalue weighted by molar-refractivity contribution is 6.07. The van der Waals surface area contributed by atoms with Gasteiger partial charge in [0.2, 0.25) is 0 Å². The van der Waals surface area contributed by atoms with Crippen LogP contribution >= 0.6 is 0 Å². The zero-order valence-electron chi connectivity index (χ0n) is 13.4. The third-order valence-electron chi connectivity index (χ3n) is 4.00. The molecule has 25 heavy (non-hydrogen) atoms. The van der Waals surface area contributed by atoms with E-state index in [4.69, 9.17) is 5.41 Å². The Morgan fingerprint density at radius 1 is 0.960 bits per heavy atom. The van der Waals surface area contributed by atoms with E-state index >= 15 is 0 Å². The molecule has 3 aromatic rings. The van der Waals surface area contributed by atoms with Crippen LogP contribution in [-0.2, 0) is 6.18 Å². The third-order valence-corrected chi connectivity index (χ3v) is 4.00. The number of rotatable bonds is 3. The molecular formula is C20H15F3N2. The summed E-state index contributed by atoms with van der Waals surface area (Å²) in [6.45, 7) is 1.75. The van der Waals surface area contributed by atoms with Crippen LogP contribution in [0.4, 0.5) is 18.9 Å². The molecular weight excluding hydrogens is 325 g/mol. The highest BCUT2D eigenvalue weighted by Gasteiger charge is 2.29. The van der Waals surface area contributed by atoms with Crippen LogP contribution in [0.3, 0.4) is 0 Å². The van der Waals surface area contributed by atoms with E-state index in [1.54, 1.807) is 6.92 Å². The Balaban J connectivity index is 2.08. The van der Waals surface area contributed by atoms with Gasteiger partial charge in [0, 0.05) is 22.9 Å². The molecule has 3 aromatic carbocycles. The van der Waals surface area contributed by atoms with Crippen LogP contribution in [0.1, 0.15) is 23.6 Å². The molecule has 3 rings (SSSR count). The molecule has 1 N–H and O–H groups in total. The summed E-state index contributed by atoms with van der Waals surface area (Å²) in [5.41, 5.74) is 1.81. The van der Waals surface area contributed by atoms with Crippen LogP contribution in [0.2, 0.25) is 0 Å². The summed E-state index contributed by atoms with van der Waals surface area (Å²) in [7, 11) is 0. The van der Waals surface area contributed by atoms with Crippen LogP contribution in [0.15, 0.2) is 65.7 Å². The molecule has 0 radical (unpaired) electrons. The number of alkyl halides is 3. The number of benzene rings is 3. The van der Waals surface area contributed by atoms with E-state index in [2.05, 4.69) is 4.99 Å². The smallest absolute Gasteiger partial charge is 0.308 e. The molecule has 0 aromatic heterocycles. The van der Waals surface area contributed by atoms with Gasteiger partial charge in [-0.05, 0) is 30.0 Å². The van der Waals surface area contributed by atoms with Gasteiger partial charge >= 0.3 is 6.18 Å². The second-order valence-electron chi connectivity index (χ2n) is 5.64. The molecule has 0 fully saturated rings. The molecule has 0 saturated carbocycles. The molecule has 0 spiro atoms. The molecule has 0 aliphatic carbocycles. The number of aliphatic imine (C=N–C) groups is 1. The molecule has 0 unspecified atom stereocenters. The number of halogens is 3. The Kier molecular flexibility index (Phi) is 4.40. The Morgan fingerprint density at radius 3 is 2.28 bits per heavy atom. The number of nitrogens with zero attached hydrogens (tertiary/aromatic N) is 1. The predicted molar refractivity (Wildman–Crippen MR) is 95.1 cm³/mol. The van der Waals surface area contributed by atoms with Gasteiger partial charge in [0.25, 0.3) is 0 Å². The Labute approximate surface area is 143 Å². The van der Waals surface area contributed by atoms with Gasteiger partial charge < -0.3 is 5.41 Å². The van der Waals surface area contributed by atoms with Gasteiger partial charge in [0.1, 0.15) is 0 Å². The van der Waals surface area contributed by atoms with Crippen molar-refractivity contribution in [3.05, 3.63) is 77.4 Å². The molecule has 2 nitrogen and oxygen atoms in total. The predicted octanol–water partition coefficient (Wildman–Crippen LogP) is 6.00. The monoisotopic (exact) mass is 340 g/mol. The Bertz CT molecular complexity index is 955. The third kappa shape index (κ3) is 3.45. The first-order valence-corrected chi connectivity index (χ1v) is 7.65. The highest BCUT2D eigenvalue weighted by atomic mass is 19.4. The second kappa shape index (κ2) is 6.51. The fourth-order valence-electron chi connectivity index (χ4n) is 2.65. The number of hydrogen-bond donors (Lipinski definition) is 1. The van der Waals surface area contributed by atoms with Crippen LogP contribution in [0.25, 0.3) is 10.8 Å². The lowest BCUT2D eigenvalue weighted by molar-refractivity contribution is -0.137. The van der Waals surface area contributed by atoms with Crippen LogP contribution < -0.4 is 0 Å². The molecule has 0 saturated heterocycles. The Hall–Kier alpha value is -2.95. The summed E-state index contributed by atoms with van der Waals surface area (Å²) in [6.07, 6.45) is -3.13. The maximum absolute atomic E-state index is 12.7. The van der Waals surface area contributed by atoms with E-state index in [1.165, 1.54) is 18.3 Å². The minimum absolute atomic E-state index is 0.591. The van der Waals surface area contributed by atoms with E-state index in [-0.39, 0.29) is 0 Å². The average Bonchev–Trinajstić information content (AvgIpc) is 2.61. The zero-order valence-corrected chi connectivity index (χ0v) is 13.4. The second-order valence-corrected chi connectivity index (χ2v) is 5.64. The van der Waals surface area contributed by atoms with Gasteiger partial charge in [-0.1, -0.05) is 48.5 Å². The van der Waals surface area contributed by atoms with Crippen LogP contribution in [0, 0.1) is 5.41 Å². The molecule has 126 valence electrons. The van der Waals surface area contributed by atoms with E-state index in [1.807, 2.05) is 36.4 Å². The van der Waals surface area contributed by atoms with Crippen molar-refractivity contribution < 1.29 is 13.2 Å². The first-order chi connectivity index (χ1) is 11.9. The fourth-order valence-corrected chi connectivity index (χ4v) is 2.65. The topological polar surface area (TPSA) is 36.2 Å². The van der Waals surface area contributed by atoms with E-state index in [9.17, 15) is 13.2 Å². The number of fused-ring (bicyclic) bond motifs is 1. The molecule has 5 heteroatoms. The van der Waals surface area contributed by atoms with Gasteiger partial charge in [-0.2, -0.15) is 13.2 Å². The maximum atomic E-state index is 12.7. The van der Waals surface area contributed by atoms with Crippen molar-refractivity contribution in [1.29, 1.82) is 5.41 Å². The first kappa shape index (κ1) is 16.9. The molecule has 0 amide bonds. The summed E-state index contributed by atoms with van der Waals surface area (Å²) >= 11 is 0. The van der Waals surface area contributed by atoms with E-state index in [0.29, 0.717) is 22.5 Å². The zero-order chi connectivity index (χ0) is 18.0. The van der Waals surface area contributed by atoms with Crippen molar-refractivity contribution in [3.63, 3.8) is 0 Å². The summed E-state index contributed by atoms with van der Waals surface area (Å²) in [4.78, 5) is 4.60. The number of hydrogen-bond acceptors (Lipinski definition) is 2. The van der Waals surface area contributed by atoms with Crippen molar-refractivity contribution in [3.8, 4) is 0 Å². The SMILES string of the molecule is CC(=Nc1c(C=N)ccc2ccccc12)c1ccc(C(F)(F)F)cc1. The molecule has 0 atom stereocenters. The van der Waals surface area contributed by atoms with Crippen molar-refractivity contribution >= 4 is 28.4 Å². The van der Waals surface area contributed by atoms with Gasteiger partial charge in [0.15, 0.2) is 0 Å². The fraction of sp³-hybridized carbons (Fsp3) is 0.100. The first-order valence-electron chi connectivity index (χ1n) is 7.65. The lowest BCUT2D eigenvalue weighted by atomic mass is 10.0. The molecule has 0 heterocycles. The standard InChI is InChI=1S/C20H15F3N2/c1-13(14-8-10-17(11-9-14)20(21,22)23)25-19-16(12-24)7-6-15-4-2-3-5-18(15)19/h2-12,24H,1H3. The largest absolute Gasteiger partial charge is 0.416 e. The van der Waals surface area contributed by atoms with Crippen molar-refractivity contribution in [2.24, 2.45) is 4.99 Å². The van der Waals surface area contributed by atoms with Crippen molar-refractivity contribution in [1.82, 2.24) is 0 Å². The number of nitrogens with one attached hydrogen (secondary N) is 1. The quantitative estimate of drug-likeness (QED) is 0.568. The lowest BCUT2D eigenvalue weighted by Crippen LogP contribution is -2.05. The average molecular weight is 340 g/mol. The Morgan fingerprint density at radius 2 is 1.64 bits per heavy atom. The minimum atomic E-state index is -4.35. The lowest BCUT2D eigenvalue weighted by Gasteiger charge is -2.09. The van der Waals surface area contributed by atoms with Gasteiger partial charge in [-0.3, -0.25) is 4.99 Å². The summed E-state index contributed by atoms with van der Waals surface area (Å²) in [6, 6.07) is 16.3. The molecule has 0 aliphatic heterocycles. The van der Waals surface area contributed by atoms with Crippen molar-refractivity contribution in [2.75, 3.05) is 0 Å². The normalized spacial score (nSPS) is 12.4.